The van der Waals surface area contributed by atoms with Crippen molar-refractivity contribution in [1.29, 1.82) is 0 Å². The van der Waals surface area contributed by atoms with Crippen LogP contribution in [0.3, 0.4) is 0 Å². The lowest BCUT2D eigenvalue weighted by atomic mass is 10.1. The minimum atomic E-state index is -0.378. The van der Waals surface area contributed by atoms with Crippen LogP contribution in [0.15, 0.2) is 46.9 Å². The Morgan fingerprint density at radius 3 is 2.52 bits per heavy atom. The van der Waals surface area contributed by atoms with Gasteiger partial charge in [-0.25, -0.2) is 8.78 Å². The number of nitrogens with zero attached hydrogens (tertiary/aromatic N) is 1. The highest BCUT2D eigenvalue weighted by Crippen LogP contribution is 2.26. The first-order chi connectivity index (χ1) is 12.0. The molecule has 0 N–H and O–H groups in total. The third kappa shape index (κ3) is 3.63. The van der Waals surface area contributed by atoms with Gasteiger partial charge in [0.1, 0.15) is 29.6 Å². The molecule has 0 aliphatic rings. The highest BCUT2D eigenvalue weighted by Gasteiger charge is 2.21. The predicted molar refractivity (Wildman–Crippen MR) is 89.8 cm³/mol. The normalized spacial score (nSPS) is 10.9. The van der Waals surface area contributed by atoms with Gasteiger partial charge in [0.15, 0.2) is 5.76 Å². The molecule has 0 aliphatic heterocycles. The molecule has 0 saturated heterocycles. The van der Waals surface area contributed by atoms with Crippen LogP contribution in [0.25, 0.3) is 11.0 Å². The number of amides is 1. The van der Waals surface area contributed by atoms with Gasteiger partial charge >= 0.3 is 0 Å². The molecule has 0 aliphatic carbocycles. The smallest absolute Gasteiger partial charge is 0.289 e. The summed E-state index contributed by atoms with van der Waals surface area (Å²) in [7, 11) is 1.63. The number of fused-ring (bicyclic) bond motifs is 1. The van der Waals surface area contributed by atoms with E-state index in [1.165, 1.54) is 47.4 Å². The van der Waals surface area contributed by atoms with Crippen molar-refractivity contribution in [1.82, 2.24) is 4.90 Å². The molecule has 4 nitrogen and oxygen atoms in total. The number of carbonyl (C=O) groups is 1. The molecule has 0 bridgehead atoms. The fraction of sp³-hybridized carbons (Fsp3) is 0.211. The average Bonchev–Trinajstić information content (AvgIpc) is 2.92. The zero-order valence-electron chi connectivity index (χ0n) is 13.9. The zero-order chi connectivity index (χ0) is 18.0. The quantitative estimate of drug-likeness (QED) is 0.697. The van der Waals surface area contributed by atoms with Gasteiger partial charge in [0.2, 0.25) is 0 Å². The largest absolute Gasteiger partial charge is 0.492 e. The third-order valence-electron chi connectivity index (χ3n) is 3.95. The monoisotopic (exact) mass is 345 g/mol. The number of hydrogen-bond acceptors (Lipinski definition) is 3. The molecule has 1 heterocycles. The summed E-state index contributed by atoms with van der Waals surface area (Å²) in [5, 5.41) is 0.583. The maximum absolute atomic E-state index is 13.4. The molecular weight excluding hydrogens is 328 g/mol. The summed E-state index contributed by atoms with van der Waals surface area (Å²) < 4.78 is 37.3. The molecule has 0 radical (unpaired) electrons. The maximum atomic E-state index is 13.4. The van der Waals surface area contributed by atoms with E-state index in [0.717, 1.165) is 0 Å². The van der Waals surface area contributed by atoms with Crippen LogP contribution in [0, 0.1) is 18.6 Å². The van der Waals surface area contributed by atoms with Gasteiger partial charge in [-0.2, -0.15) is 0 Å². The third-order valence-corrected chi connectivity index (χ3v) is 3.95. The van der Waals surface area contributed by atoms with Crippen LogP contribution in [0.4, 0.5) is 8.78 Å². The van der Waals surface area contributed by atoms with Crippen LogP contribution < -0.4 is 4.74 Å². The Balaban J connectivity index is 1.66. The fourth-order valence-electron chi connectivity index (χ4n) is 2.50. The van der Waals surface area contributed by atoms with Gasteiger partial charge in [-0.1, -0.05) is 0 Å². The molecule has 0 unspecified atom stereocenters. The van der Waals surface area contributed by atoms with Gasteiger partial charge in [-0.05, 0) is 49.4 Å². The van der Waals surface area contributed by atoms with E-state index in [1.54, 1.807) is 14.0 Å². The van der Waals surface area contributed by atoms with E-state index in [4.69, 9.17) is 9.15 Å². The van der Waals surface area contributed by atoms with Crippen molar-refractivity contribution in [3.8, 4) is 5.75 Å². The van der Waals surface area contributed by atoms with Crippen LogP contribution in [-0.4, -0.2) is 31.0 Å². The molecule has 130 valence electrons. The van der Waals surface area contributed by atoms with Gasteiger partial charge in [0, 0.05) is 18.0 Å². The van der Waals surface area contributed by atoms with Crippen molar-refractivity contribution >= 4 is 16.9 Å². The van der Waals surface area contributed by atoms with Crippen molar-refractivity contribution in [2.24, 2.45) is 0 Å². The highest BCUT2D eigenvalue weighted by atomic mass is 19.1. The Kier molecular flexibility index (Phi) is 4.70. The van der Waals surface area contributed by atoms with Gasteiger partial charge in [0.25, 0.3) is 5.91 Å². The second-order valence-electron chi connectivity index (χ2n) is 5.73. The van der Waals surface area contributed by atoms with Crippen molar-refractivity contribution in [2.75, 3.05) is 20.2 Å². The first kappa shape index (κ1) is 17.0. The molecule has 1 amide bonds. The molecule has 0 spiro atoms. The fourth-order valence-corrected chi connectivity index (χ4v) is 2.50. The molecule has 6 heteroatoms. The van der Waals surface area contributed by atoms with Gasteiger partial charge in [-0.3, -0.25) is 4.79 Å². The standard InChI is InChI=1S/C19H17F2NO3/c1-12-16-11-14(21)5-8-17(16)25-18(12)19(23)22(2)9-10-24-15-6-3-13(20)4-7-15/h3-8,11H,9-10H2,1-2H3. The SMILES string of the molecule is Cc1c(C(=O)N(C)CCOc2ccc(F)cc2)oc2ccc(F)cc12. The summed E-state index contributed by atoms with van der Waals surface area (Å²) in [5.41, 5.74) is 1.07. The molecule has 0 atom stereocenters. The molecule has 2 aromatic carbocycles. The molecule has 3 aromatic rings. The Bertz CT molecular complexity index is 903. The predicted octanol–water partition coefficient (Wildman–Crippen LogP) is 4.17. The number of carbonyl (C=O) groups excluding carboxylic acids is 1. The van der Waals surface area contributed by atoms with E-state index in [2.05, 4.69) is 0 Å². The number of likely N-dealkylation sites (N-methyl/N-ethyl adjacent to an activating group) is 1. The number of halogens is 2. The van der Waals surface area contributed by atoms with E-state index >= 15 is 0 Å². The number of furan rings is 1. The lowest BCUT2D eigenvalue weighted by Crippen LogP contribution is -2.31. The summed E-state index contributed by atoms with van der Waals surface area (Å²) >= 11 is 0. The summed E-state index contributed by atoms with van der Waals surface area (Å²) in [6, 6.07) is 9.81. The Morgan fingerprint density at radius 1 is 1.12 bits per heavy atom. The Labute approximate surface area is 143 Å². The second-order valence-corrected chi connectivity index (χ2v) is 5.73. The average molecular weight is 345 g/mol. The summed E-state index contributed by atoms with van der Waals surface area (Å²) in [6.07, 6.45) is 0. The van der Waals surface area contributed by atoms with Crippen molar-refractivity contribution in [3.05, 3.63) is 65.4 Å². The Hall–Kier alpha value is -2.89. The topological polar surface area (TPSA) is 42.7 Å². The summed E-state index contributed by atoms with van der Waals surface area (Å²) in [5.74, 6) is -0.313. The highest BCUT2D eigenvalue weighted by molar-refractivity contribution is 5.98. The molecule has 0 fully saturated rings. The van der Waals surface area contributed by atoms with E-state index in [9.17, 15) is 13.6 Å². The first-order valence-electron chi connectivity index (χ1n) is 7.78. The zero-order valence-corrected chi connectivity index (χ0v) is 13.9. The molecule has 25 heavy (non-hydrogen) atoms. The van der Waals surface area contributed by atoms with Gasteiger partial charge in [0.05, 0.1) is 6.54 Å². The number of benzene rings is 2. The minimum Gasteiger partial charge on any atom is -0.492 e. The first-order valence-corrected chi connectivity index (χ1v) is 7.78. The molecule has 3 rings (SSSR count). The lowest BCUT2D eigenvalue weighted by molar-refractivity contribution is 0.0744. The van der Waals surface area contributed by atoms with Crippen molar-refractivity contribution < 1.29 is 22.7 Å². The Morgan fingerprint density at radius 2 is 1.80 bits per heavy atom. The second kappa shape index (κ2) is 6.93. The van der Waals surface area contributed by atoms with Crippen LogP contribution in [0.5, 0.6) is 5.75 Å². The van der Waals surface area contributed by atoms with E-state index in [-0.39, 0.29) is 29.9 Å². The minimum absolute atomic E-state index is 0.185. The summed E-state index contributed by atoms with van der Waals surface area (Å²) in [4.78, 5) is 14.0. The van der Waals surface area contributed by atoms with Crippen LogP contribution in [0.1, 0.15) is 16.1 Å². The van der Waals surface area contributed by atoms with Gasteiger partial charge < -0.3 is 14.1 Å². The van der Waals surface area contributed by atoms with Crippen LogP contribution >= 0.6 is 0 Å². The number of hydrogen-bond donors (Lipinski definition) is 0. The van der Waals surface area contributed by atoms with Crippen LogP contribution in [-0.2, 0) is 0 Å². The number of rotatable bonds is 5. The van der Waals surface area contributed by atoms with Crippen LogP contribution in [0.2, 0.25) is 0 Å². The van der Waals surface area contributed by atoms with E-state index in [0.29, 0.717) is 28.8 Å². The van der Waals surface area contributed by atoms with Crippen molar-refractivity contribution in [2.45, 2.75) is 6.92 Å². The molecule has 1 aromatic heterocycles. The van der Waals surface area contributed by atoms with E-state index < -0.39 is 0 Å². The van der Waals surface area contributed by atoms with Crippen molar-refractivity contribution in [3.63, 3.8) is 0 Å². The maximum Gasteiger partial charge on any atom is 0.289 e. The van der Waals surface area contributed by atoms with Gasteiger partial charge in [-0.15, -0.1) is 0 Å². The molecular formula is C19H17F2NO3. The summed E-state index contributed by atoms with van der Waals surface area (Å²) in [6.45, 7) is 2.30. The number of aryl methyl sites for hydroxylation is 1. The molecule has 0 saturated carbocycles. The van der Waals surface area contributed by atoms with E-state index in [1.807, 2.05) is 0 Å². The lowest BCUT2D eigenvalue weighted by Gasteiger charge is -2.16. The number of ether oxygens (including phenoxy) is 1.